The Morgan fingerprint density at radius 1 is 0.848 bits per heavy atom. The molecule has 0 spiro atoms. The van der Waals surface area contributed by atoms with Crippen LogP contribution in [0.15, 0.2) is 54.6 Å². The summed E-state index contributed by atoms with van der Waals surface area (Å²) in [6.07, 6.45) is -1.12. The lowest BCUT2D eigenvalue weighted by atomic mass is 9.82. The quantitative estimate of drug-likeness (QED) is 0.366. The molecule has 0 saturated carbocycles. The number of amides is 1. The van der Waals surface area contributed by atoms with E-state index >= 15 is 0 Å². The van der Waals surface area contributed by atoms with Gasteiger partial charge in [-0.2, -0.15) is 0 Å². The first-order valence-corrected chi connectivity index (χ1v) is 10.4. The Bertz CT molecular complexity index is 1320. The standard InChI is InChI=1S/C26H22N2O5/c1-13-7-6-8-14(2)22(13)28-25(31)15(3)33-26(32)19-12-11-18-20(21(19)27)24(30)17-10-5-4-9-16(17)23(18)29/h4-12,15H,27H2,1-3H3,(H,28,31). The Morgan fingerprint density at radius 3 is 2.09 bits per heavy atom. The summed E-state index contributed by atoms with van der Waals surface area (Å²) in [5, 5.41) is 2.78. The smallest absolute Gasteiger partial charge is 0.341 e. The predicted octanol–water partition coefficient (Wildman–Crippen LogP) is 3.85. The number of ether oxygens (including phenoxy) is 1. The van der Waals surface area contributed by atoms with Crippen molar-refractivity contribution in [1.29, 1.82) is 0 Å². The van der Waals surface area contributed by atoms with Crippen molar-refractivity contribution in [1.82, 2.24) is 0 Å². The van der Waals surface area contributed by atoms with Gasteiger partial charge < -0.3 is 15.8 Å². The number of fused-ring (bicyclic) bond motifs is 2. The van der Waals surface area contributed by atoms with E-state index in [-0.39, 0.29) is 33.7 Å². The lowest BCUT2D eigenvalue weighted by Gasteiger charge is -2.21. The van der Waals surface area contributed by atoms with Crippen molar-refractivity contribution in [3.05, 3.63) is 93.5 Å². The van der Waals surface area contributed by atoms with Gasteiger partial charge in [0.2, 0.25) is 0 Å². The zero-order chi connectivity index (χ0) is 23.9. The molecule has 1 unspecified atom stereocenters. The zero-order valence-electron chi connectivity index (χ0n) is 18.4. The number of anilines is 2. The zero-order valence-corrected chi connectivity index (χ0v) is 18.4. The Morgan fingerprint density at radius 2 is 1.45 bits per heavy atom. The van der Waals surface area contributed by atoms with Crippen LogP contribution in [0.25, 0.3) is 0 Å². The van der Waals surface area contributed by atoms with Gasteiger partial charge in [0.1, 0.15) is 0 Å². The van der Waals surface area contributed by atoms with Gasteiger partial charge in [0.05, 0.1) is 16.8 Å². The van der Waals surface area contributed by atoms with E-state index in [1.54, 1.807) is 24.3 Å². The Balaban J connectivity index is 1.58. The highest BCUT2D eigenvalue weighted by atomic mass is 16.5. The predicted molar refractivity (Wildman–Crippen MR) is 124 cm³/mol. The number of benzene rings is 3. The number of hydrogen-bond donors (Lipinski definition) is 2. The monoisotopic (exact) mass is 442 g/mol. The van der Waals surface area contributed by atoms with Gasteiger partial charge >= 0.3 is 5.97 Å². The second-order valence-corrected chi connectivity index (χ2v) is 7.96. The molecule has 1 aliphatic carbocycles. The number of hydrogen-bond acceptors (Lipinski definition) is 6. The third-order valence-corrected chi connectivity index (χ3v) is 5.74. The second-order valence-electron chi connectivity index (χ2n) is 7.96. The largest absolute Gasteiger partial charge is 0.449 e. The SMILES string of the molecule is Cc1cccc(C)c1NC(=O)C(C)OC(=O)c1ccc2c(c1N)C(=O)c1ccccc1C2=O. The number of carbonyl (C=O) groups excluding carboxylic acids is 4. The number of nitrogen functional groups attached to an aromatic ring is 1. The molecule has 0 aromatic heterocycles. The van der Waals surface area contributed by atoms with Crippen molar-refractivity contribution in [2.24, 2.45) is 0 Å². The molecule has 3 N–H and O–H groups in total. The first kappa shape index (κ1) is 22.0. The van der Waals surface area contributed by atoms with E-state index in [0.717, 1.165) is 11.1 Å². The number of nitrogens with two attached hydrogens (primary N) is 1. The highest BCUT2D eigenvalue weighted by Crippen LogP contribution is 2.33. The van der Waals surface area contributed by atoms with Crippen LogP contribution in [0.2, 0.25) is 0 Å². The number of nitrogens with one attached hydrogen (secondary N) is 1. The third-order valence-electron chi connectivity index (χ3n) is 5.74. The number of esters is 1. The Labute approximate surface area is 190 Å². The number of carbonyl (C=O) groups is 4. The van der Waals surface area contributed by atoms with Crippen molar-refractivity contribution in [2.75, 3.05) is 11.1 Å². The first-order valence-electron chi connectivity index (χ1n) is 10.4. The van der Waals surface area contributed by atoms with Gasteiger partial charge in [-0.25, -0.2) is 4.79 Å². The minimum atomic E-state index is -1.12. The van der Waals surface area contributed by atoms with Crippen LogP contribution in [0.3, 0.4) is 0 Å². The van der Waals surface area contributed by atoms with E-state index in [9.17, 15) is 19.2 Å². The normalized spacial score (nSPS) is 13.1. The number of aryl methyl sites for hydroxylation is 2. The molecule has 166 valence electrons. The van der Waals surface area contributed by atoms with Crippen LogP contribution >= 0.6 is 0 Å². The number of rotatable bonds is 4. The molecule has 0 heterocycles. The summed E-state index contributed by atoms with van der Waals surface area (Å²) in [4.78, 5) is 51.2. The lowest BCUT2D eigenvalue weighted by Crippen LogP contribution is -2.31. The summed E-state index contributed by atoms with van der Waals surface area (Å²) in [7, 11) is 0. The van der Waals surface area contributed by atoms with Crippen molar-refractivity contribution in [2.45, 2.75) is 26.9 Å². The summed E-state index contributed by atoms with van der Waals surface area (Å²) in [5.41, 5.74) is 8.97. The maximum absolute atomic E-state index is 13.0. The van der Waals surface area contributed by atoms with Crippen molar-refractivity contribution in [3.8, 4) is 0 Å². The molecule has 1 amide bonds. The maximum Gasteiger partial charge on any atom is 0.341 e. The molecule has 7 nitrogen and oxygen atoms in total. The highest BCUT2D eigenvalue weighted by Gasteiger charge is 2.33. The molecule has 0 bridgehead atoms. The molecule has 7 heteroatoms. The molecule has 4 rings (SSSR count). The van der Waals surface area contributed by atoms with Crippen molar-refractivity contribution in [3.63, 3.8) is 0 Å². The summed E-state index contributed by atoms with van der Waals surface area (Å²) in [5.74, 6) is -2.14. The van der Waals surface area contributed by atoms with Gasteiger partial charge in [0, 0.05) is 22.4 Å². The van der Waals surface area contributed by atoms with Gasteiger partial charge in [-0.15, -0.1) is 0 Å². The average Bonchev–Trinajstić information content (AvgIpc) is 2.79. The van der Waals surface area contributed by atoms with E-state index < -0.39 is 23.8 Å². The van der Waals surface area contributed by atoms with Gasteiger partial charge in [0.25, 0.3) is 5.91 Å². The van der Waals surface area contributed by atoms with E-state index in [4.69, 9.17) is 10.5 Å². The van der Waals surface area contributed by atoms with E-state index in [0.29, 0.717) is 11.3 Å². The van der Waals surface area contributed by atoms with Gasteiger partial charge in [-0.05, 0) is 44.0 Å². The molecule has 1 aliphatic rings. The number of para-hydroxylation sites is 1. The molecule has 0 aliphatic heterocycles. The van der Waals surface area contributed by atoms with Crippen LogP contribution in [0.4, 0.5) is 11.4 Å². The fourth-order valence-electron chi connectivity index (χ4n) is 3.90. The fourth-order valence-corrected chi connectivity index (χ4v) is 3.90. The van der Waals surface area contributed by atoms with Crippen molar-refractivity contribution < 1.29 is 23.9 Å². The van der Waals surface area contributed by atoms with Gasteiger partial charge in [-0.1, -0.05) is 42.5 Å². The lowest BCUT2D eigenvalue weighted by molar-refractivity contribution is -0.123. The summed E-state index contributed by atoms with van der Waals surface area (Å²) >= 11 is 0. The van der Waals surface area contributed by atoms with Gasteiger partial charge in [0.15, 0.2) is 17.7 Å². The molecule has 0 saturated heterocycles. The average molecular weight is 442 g/mol. The second kappa shape index (κ2) is 8.35. The van der Waals surface area contributed by atoms with Crippen LogP contribution in [0, 0.1) is 13.8 Å². The Hall–Kier alpha value is -4.26. The molecule has 3 aromatic rings. The highest BCUT2D eigenvalue weighted by molar-refractivity contribution is 6.30. The van der Waals surface area contributed by atoms with Crippen LogP contribution in [-0.4, -0.2) is 29.5 Å². The fraction of sp³-hybridized carbons (Fsp3) is 0.154. The molecule has 0 fully saturated rings. The topological polar surface area (TPSA) is 116 Å². The third kappa shape index (κ3) is 3.78. The molecular formula is C26H22N2O5. The van der Waals surface area contributed by atoms with Crippen LogP contribution < -0.4 is 11.1 Å². The maximum atomic E-state index is 13.0. The summed E-state index contributed by atoms with van der Waals surface area (Å²) in [6, 6.07) is 14.8. The molecule has 33 heavy (non-hydrogen) atoms. The Kier molecular flexibility index (Phi) is 5.55. The molecule has 0 radical (unpaired) electrons. The summed E-state index contributed by atoms with van der Waals surface area (Å²) < 4.78 is 5.33. The number of ketones is 2. The van der Waals surface area contributed by atoms with Crippen molar-refractivity contribution >= 4 is 34.8 Å². The van der Waals surface area contributed by atoms with E-state index in [1.807, 2.05) is 32.0 Å². The minimum absolute atomic E-state index is 0.0270. The first-order chi connectivity index (χ1) is 15.7. The van der Waals surface area contributed by atoms with E-state index in [1.165, 1.54) is 19.1 Å². The van der Waals surface area contributed by atoms with E-state index in [2.05, 4.69) is 5.32 Å². The van der Waals surface area contributed by atoms with Crippen LogP contribution in [-0.2, 0) is 9.53 Å². The molecular weight excluding hydrogens is 420 g/mol. The van der Waals surface area contributed by atoms with Gasteiger partial charge in [-0.3, -0.25) is 14.4 Å². The minimum Gasteiger partial charge on any atom is -0.449 e. The van der Waals surface area contributed by atoms with Crippen LogP contribution in [0.1, 0.15) is 60.3 Å². The van der Waals surface area contributed by atoms with Crippen LogP contribution in [0.5, 0.6) is 0 Å². The summed E-state index contributed by atoms with van der Waals surface area (Å²) in [6.45, 7) is 5.17. The molecule has 3 aromatic carbocycles. The molecule has 1 atom stereocenters.